The predicted molar refractivity (Wildman–Crippen MR) is 74.7 cm³/mol. The topological polar surface area (TPSA) is 24.7 Å². The minimum atomic E-state index is 0.941. The van der Waals surface area contributed by atoms with Gasteiger partial charge in [-0.3, -0.25) is 9.98 Å². The van der Waals surface area contributed by atoms with Crippen LogP contribution in [0.5, 0.6) is 0 Å². The van der Waals surface area contributed by atoms with E-state index in [0.29, 0.717) is 0 Å². The number of nitrogens with zero attached hydrogens (tertiary/aromatic N) is 2. The molecule has 0 aliphatic rings. The van der Waals surface area contributed by atoms with Crippen LogP contribution in [-0.2, 0) is 0 Å². The van der Waals surface area contributed by atoms with Crippen molar-refractivity contribution in [3.63, 3.8) is 0 Å². The Bertz CT molecular complexity index is 217. The lowest BCUT2D eigenvalue weighted by Gasteiger charge is -1.96. The summed E-state index contributed by atoms with van der Waals surface area (Å²) in [6, 6.07) is 0. The van der Waals surface area contributed by atoms with Gasteiger partial charge in [0.05, 0.1) is 0 Å². The fraction of sp³-hybridized carbons (Fsp3) is 0.714. The van der Waals surface area contributed by atoms with E-state index in [0.717, 1.165) is 25.1 Å². The summed E-state index contributed by atoms with van der Waals surface area (Å²) < 4.78 is 0. The highest BCUT2D eigenvalue weighted by molar-refractivity contribution is 5.72. The van der Waals surface area contributed by atoms with Gasteiger partial charge in [0.1, 0.15) is 0 Å². The Balaban J connectivity index is 3.55. The van der Waals surface area contributed by atoms with E-state index in [-0.39, 0.29) is 0 Å². The van der Waals surface area contributed by atoms with Crippen molar-refractivity contribution in [3.05, 3.63) is 11.8 Å². The Morgan fingerprint density at radius 3 is 2.44 bits per heavy atom. The molecule has 0 atom stereocenters. The summed E-state index contributed by atoms with van der Waals surface area (Å²) in [5.41, 5.74) is 1.04. The van der Waals surface area contributed by atoms with Crippen LogP contribution in [0.3, 0.4) is 0 Å². The molecule has 0 heterocycles. The Kier molecular flexibility index (Phi) is 11.5. The van der Waals surface area contributed by atoms with E-state index in [9.17, 15) is 0 Å². The molecule has 0 N–H and O–H groups in total. The van der Waals surface area contributed by atoms with Crippen LogP contribution < -0.4 is 0 Å². The van der Waals surface area contributed by atoms with Gasteiger partial charge in [0.25, 0.3) is 0 Å². The third kappa shape index (κ3) is 9.63. The van der Waals surface area contributed by atoms with Crippen molar-refractivity contribution in [2.45, 2.75) is 58.8 Å². The first-order valence-corrected chi connectivity index (χ1v) is 6.50. The number of allylic oxidation sites excluding steroid dienone is 2. The lowest BCUT2D eigenvalue weighted by molar-refractivity contribution is 0.639. The van der Waals surface area contributed by atoms with Gasteiger partial charge in [-0.15, -0.1) is 0 Å². The highest BCUT2D eigenvalue weighted by Gasteiger charge is 1.89. The van der Waals surface area contributed by atoms with Crippen LogP contribution in [0.2, 0.25) is 0 Å². The lowest BCUT2D eigenvalue weighted by Crippen LogP contribution is -1.84. The fourth-order valence-corrected chi connectivity index (χ4v) is 1.49. The van der Waals surface area contributed by atoms with Gasteiger partial charge in [-0.05, 0) is 25.6 Å². The zero-order chi connectivity index (χ0) is 12.1. The molecule has 92 valence electrons. The molecule has 0 aromatic rings. The van der Waals surface area contributed by atoms with Crippen LogP contribution in [-0.4, -0.2) is 19.5 Å². The third-order valence-electron chi connectivity index (χ3n) is 2.47. The van der Waals surface area contributed by atoms with Crippen molar-refractivity contribution in [1.82, 2.24) is 0 Å². The van der Waals surface area contributed by atoms with Crippen LogP contribution in [0.25, 0.3) is 0 Å². The molecule has 0 saturated heterocycles. The number of hydrogen-bond acceptors (Lipinski definition) is 2. The molecule has 0 aromatic heterocycles. The molecule has 0 radical (unpaired) electrons. The molecule has 0 spiro atoms. The minimum absolute atomic E-state index is 0.941. The number of rotatable bonds is 10. The van der Waals surface area contributed by atoms with Gasteiger partial charge in [0, 0.05) is 18.5 Å². The second kappa shape index (κ2) is 12.2. The van der Waals surface area contributed by atoms with Crippen molar-refractivity contribution in [2.75, 3.05) is 6.54 Å². The molecule has 0 bridgehead atoms. The van der Waals surface area contributed by atoms with Crippen molar-refractivity contribution < 1.29 is 0 Å². The van der Waals surface area contributed by atoms with E-state index in [2.05, 4.69) is 30.5 Å². The van der Waals surface area contributed by atoms with Crippen molar-refractivity contribution in [2.24, 2.45) is 9.98 Å². The van der Waals surface area contributed by atoms with Gasteiger partial charge in [-0.1, -0.05) is 46.0 Å². The zero-order valence-corrected chi connectivity index (χ0v) is 10.9. The highest BCUT2D eigenvalue weighted by atomic mass is 14.7. The van der Waals surface area contributed by atoms with Crippen LogP contribution >= 0.6 is 0 Å². The van der Waals surface area contributed by atoms with Crippen molar-refractivity contribution >= 4 is 12.9 Å². The van der Waals surface area contributed by atoms with Gasteiger partial charge in [0.2, 0.25) is 0 Å². The number of aliphatic imine (C=N–C) groups is 2. The first kappa shape index (κ1) is 15.1. The van der Waals surface area contributed by atoms with E-state index in [1.807, 2.05) is 12.3 Å². The van der Waals surface area contributed by atoms with Gasteiger partial charge >= 0.3 is 0 Å². The summed E-state index contributed by atoms with van der Waals surface area (Å²) in [5, 5.41) is 0. The second-order valence-electron chi connectivity index (χ2n) is 4.04. The molecule has 0 rings (SSSR count). The largest absolute Gasteiger partial charge is 0.293 e. The van der Waals surface area contributed by atoms with Crippen LogP contribution in [0, 0.1) is 0 Å². The van der Waals surface area contributed by atoms with Crippen molar-refractivity contribution in [1.29, 1.82) is 0 Å². The summed E-state index contributed by atoms with van der Waals surface area (Å²) in [7, 11) is 0. The van der Waals surface area contributed by atoms with Crippen molar-refractivity contribution in [3.8, 4) is 0 Å². The minimum Gasteiger partial charge on any atom is -0.293 e. The van der Waals surface area contributed by atoms with E-state index < -0.39 is 0 Å². The standard InChI is InChI=1S/C14H26N2/c1-4-6-7-8-9-12-16-13-11-14(15-3)10-5-2/h11,13H,3-10,12H2,1-2H3/b14-11-,16-13-. The van der Waals surface area contributed by atoms with Gasteiger partial charge < -0.3 is 0 Å². The Morgan fingerprint density at radius 1 is 1.06 bits per heavy atom. The Hall–Kier alpha value is -0.920. The maximum atomic E-state index is 4.35. The van der Waals surface area contributed by atoms with Crippen LogP contribution in [0.4, 0.5) is 0 Å². The monoisotopic (exact) mass is 222 g/mol. The molecule has 2 nitrogen and oxygen atoms in total. The zero-order valence-electron chi connectivity index (χ0n) is 10.9. The first-order chi connectivity index (χ1) is 7.85. The second-order valence-corrected chi connectivity index (χ2v) is 4.04. The quantitative estimate of drug-likeness (QED) is 0.386. The molecule has 16 heavy (non-hydrogen) atoms. The first-order valence-electron chi connectivity index (χ1n) is 6.50. The normalized spacial score (nSPS) is 12.2. The molecule has 0 amide bonds. The van der Waals surface area contributed by atoms with Gasteiger partial charge in [-0.25, -0.2) is 0 Å². The van der Waals surface area contributed by atoms with E-state index >= 15 is 0 Å². The summed E-state index contributed by atoms with van der Waals surface area (Å²) >= 11 is 0. The average Bonchev–Trinajstić information content (AvgIpc) is 2.31. The molecule has 0 aliphatic carbocycles. The van der Waals surface area contributed by atoms with E-state index in [4.69, 9.17) is 0 Å². The fourth-order valence-electron chi connectivity index (χ4n) is 1.49. The van der Waals surface area contributed by atoms with E-state index in [1.54, 1.807) is 0 Å². The maximum Gasteiger partial charge on any atom is 0.0411 e. The summed E-state index contributed by atoms with van der Waals surface area (Å²) in [5.74, 6) is 0. The Labute approximate surface area is 101 Å². The maximum absolute atomic E-state index is 4.35. The molecular formula is C14H26N2. The molecule has 0 aliphatic heterocycles. The number of hydrogen-bond donors (Lipinski definition) is 0. The molecular weight excluding hydrogens is 196 g/mol. The third-order valence-corrected chi connectivity index (χ3v) is 2.47. The lowest BCUT2D eigenvalue weighted by atomic mass is 10.2. The molecule has 2 heteroatoms. The molecule has 0 saturated carbocycles. The average molecular weight is 222 g/mol. The summed E-state index contributed by atoms with van der Waals surface area (Å²) in [4.78, 5) is 8.31. The highest BCUT2D eigenvalue weighted by Crippen LogP contribution is 2.04. The van der Waals surface area contributed by atoms with Crippen LogP contribution in [0.1, 0.15) is 58.8 Å². The Morgan fingerprint density at radius 2 is 1.81 bits per heavy atom. The van der Waals surface area contributed by atoms with Crippen LogP contribution in [0.15, 0.2) is 21.8 Å². The molecule has 0 fully saturated rings. The number of unbranched alkanes of at least 4 members (excludes halogenated alkanes) is 4. The SMILES string of the molecule is C=N/C(=C\C=N/CCCCCCC)CCC. The smallest absolute Gasteiger partial charge is 0.0411 e. The van der Waals surface area contributed by atoms with E-state index in [1.165, 1.54) is 32.1 Å². The summed E-state index contributed by atoms with van der Waals surface area (Å²) in [6.45, 7) is 8.87. The summed E-state index contributed by atoms with van der Waals surface area (Å²) in [6.07, 6.45) is 12.5. The molecule has 0 aromatic carbocycles. The van der Waals surface area contributed by atoms with Gasteiger partial charge in [-0.2, -0.15) is 0 Å². The predicted octanol–water partition coefficient (Wildman–Crippen LogP) is 4.41. The molecule has 0 unspecified atom stereocenters. The van der Waals surface area contributed by atoms with Gasteiger partial charge in [0.15, 0.2) is 0 Å².